The topological polar surface area (TPSA) is 18.5 Å². The van der Waals surface area contributed by atoms with Gasteiger partial charge in [0.05, 0.1) is 15.0 Å². The molecule has 1 aromatic rings. The van der Waals surface area contributed by atoms with Gasteiger partial charge in [0.15, 0.2) is 0 Å². The molecule has 0 radical (unpaired) electrons. The number of hydrogen-bond donors (Lipinski definition) is 0. The molecule has 1 saturated heterocycles. The molecule has 1 aliphatic heterocycles. The molecule has 0 N–H and O–H groups in total. The van der Waals surface area contributed by atoms with E-state index in [1.54, 1.807) is 0 Å². The van der Waals surface area contributed by atoms with Crippen molar-refractivity contribution < 1.29 is 9.47 Å². The maximum absolute atomic E-state index is 5.87. The number of ether oxygens (including phenoxy) is 2. The van der Waals surface area contributed by atoms with Crippen LogP contribution in [0.3, 0.4) is 0 Å². The predicted octanol–water partition coefficient (Wildman–Crippen LogP) is 5.05. The molecule has 1 atom stereocenters. The van der Waals surface area contributed by atoms with Crippen LogP contribution >= 0.6 is 47.8 Å². The van der Waals surface area contributed by atoms with Crippen molar-refractivity contribution in [1.82, 2.24) is 0 Å². The minimum Gasteiger partial charge on any atom is -0.489 e. The fraction of sp³-hybridized carbons (Fsp3) is 0.538. The van der Waals surface area contributed by atoms with E-state index >= 15 is 0 Å². The second-order valence-electron chi connectivity index (χ2n) is 4.32. The van der Waals surface area contributed by atoms with Crippen LogP contribution in [0.15, 0.2) is 21.1 Å². The molecule has 100 valence electrons. The van der Waals surface area contributed by atoms with Gasteiger partial charge in [-0.1, -0.05) is 15.9 Å². The Labute approximate surface area is 133 Å². The third-order valence-corrected chi connectivity index (χ3v) is 4.73. The zero-order valence-electron chi connectivity index (χ0n) is 9.93. The summed E-state index contributed by atoms with van der Waals surface area (Å²) in [5.74, 6) is 0.855. The Balaban J connectivity index is 2.00. The number of rotatable bonds is 4. The molecule has 2 nitrogen and oxygen atoms in total. The van der Waals surface area contributed by atoms with Crippen molar-refractivity contribution >= 4 is 47.8 Å². The fourth-order valence-corrected chi connectivity index (χ4v) is 3.78. The van der Waals surface area contributed by atoms with Crippen LogP contribution in [0.4, 0.5) is 0 Å². The van der Waals surface area contributed by atoms with E-state index in [2.05, 4.69) is 59.9 Å². The summed E-state index contributed by atoms with van der Waals surface area (Å²) in [6, 6.07) is 4.13. The van der Waals surface area contributed by atoms with Crippen LogP contribution in [0, 0.1) is 0 Å². The molecule has 18 heavy (non-hydrogen) atoms. The molecule has 1 fully saturated rings. The van der Waals surface area contributed by atoms with E-state index < -0.39 is 0 Å². The van der Waals surface area contributed by atoms with Gasteiger partial charge in [0, 0.05) is 11.9 Å². The first kappa shape index (κ1) is 14.8. The third-order valence-electron chi connectivity index (χ3n) is 2.90. The summed E-state index contributed by atoms with van der Waals surface area (Å²) >= 11 is 10.5. The lowest BCUT2D eigenvalue weighted by atomic mass is 10.1. The van der Waals surface area contributed by atoms with E-state index in [1.807, 2.05) is 0 Å². The molecular weight excluding hydrogens is 428 g/mol. The Hall–Kier alpha value is 0.420. The Kier molecular flexibility index (Phi) is 5.98. The zero-order chi connectivity index (χ0) is 13.0. The smallest absolute Gasteiger partial charge is 0.147 e. The lowest BCUT2D eigenvalue weighted by molar-refractivity contribution is -0.0113. The predicted molar refractivity (Wildman–Crippen MR) is 83.6 cm³/mol. The maximum Gasteiger partial charge on any atom is 0.147 e. The summed E-state index contributed by atoms with van der Waals surface area (Å²) in [5.41, 5.74) is 1.20. The van der Waals surface area contributed by atoms with Crippen molar-refractivity contribution in [3.63, 3.8) is 0 Å². The normalized spacial score (nSPS) is 19.8. The highest BCUT2D eigenvalue weighted by atomic mass is 79.9. The van der Waals surface area contributed by atoms with Crippen molar-refractivity contribution in [2.45, 2.75) is 30.7 Å². The first-order valence-electron chi connectivity index (χ1n) is 5.99. The van der Waals surface area contributed by atoms with Crippen LogP contribution in [-0.2, 0) is 10.1 Å². The monoisotopic (exact) mass is 440 g/mol. The van der Waals surface area contributed by atoms with Crippen molar-refractivity contribution in [1.29, 1.82) is 0 Å². The third kappa shape index (κ3) is 3.95. The Morgan fingerprint density at radius 3 is 2.50 bits per heavy atom. The van der Waals surface area contributed by atoms with Gasteiger partial charge in [-0.25, -0.2) is 0 Å². The second-order valence-corrected chi connectivity index (χ2v) is 6.59. The van der Waals surface area contributed by atoms with Crippen LogP contribution in [0.2, 0.25) is 0 Å². The molecule has 0 bridgehead atoms. The molecule has 0 aromatic heterocycles. The largest absolute Gasteiger partial charge is 0.489 e. The zero-order valence-corrected chi connectivity index (χ0v) is 14.7. The number of benzene rings is 1. The summed E-state index contributed by atoms with van der Waals surface area (Å²) in [5, 5.41) is 0.830. The Bertz CT molecular complexity index is 380. The quantitative estimate of drug-likeness (QED) is 0.607. The van der Waals surface area contributed by atoms with E-state index in [0.29, 0.717) is 6.61 Å². The fourth-order valence-electron chi connectivity index (χ4n) is 1.94. The van der Waals surface area contributed by atoms with Crippen molar-refractivity contribution in [3.05, 3.63) is 26.6 Å². The Morgan fingerprint density at radius 1 is 1.22 bits per heavy atom. The van der Waals surface area contributed by atoms with E-state index in [4.69, 9.17) is 9.47 Å². The summed E-state index contributed by atoms with van der Waals surface area (Å²) in [7, 11) is 0. The standard InChI is InChI=1S/C13H15Br3O2/c14-7-9-5-11(15)13(12(16)6-9)18-8-10-3-1-2-4-17-10/h5-6,10H,1-4,7-8H2. The highest BCUT2D eigenvalue weighted by molar-refractivity contribution is 9.11. The van der Waals surface area contributed by atoms with E-state index in [9.17, 15) is 0 Å². The van der Waals surface area contributed by atoms with Crippen LogP contribution in [0.1, 0.15) is 24.8 Å². The van der Waals surface area contributed by atoms with Gasteiger partial charge in [0.1, 0.15) is 12.4 Å². The molecule has 0 amide bonds. The molecule has 0 aliphatic carbocycles. The molecular formula is C13H15Br3O2. The van der Waals surface area contributed by atoms with Crippen molar-refractivity contribution in [2.75, 3.05) is 13.2 Å². The lowest BCUT2D eigenvalue weighted by Gasteiger charge is -2.23. The van der Waals surface area contributed by atoms with E-state index in [0.717, 1.165) is 33.1 Å². The van der Waals surface area contributed by atoms with Gasteiger partial charge in [0.2, 0.25) is 0 Å². The van der Waals surface area contributed by atoms with Crippen LogP contribution in [-0.4, -0.2) is 19.3 Å². The lowest BCUT2D eigenvalue weighted by Crippen LogP contribution is -2.25. The number of alkyl halides is 1. The van der Waals surface area contributed by atoms with E-state index in [-0.39, 0.29) is 6.10 Å². The number of halogens is 3. The highest BCUT2D eigenvalue weighted by Crippen LogP contribution is 2.35. The van der Waals surface area contributed by atoms with Crippen LogP contribution < -0.4 is 4.74 Å². The summed E-state index contributed by atoms with van der Waals surface area (Å²) in [4.78, 5) is 0. The van der Waals surface area contributed by atoms with Gasteiger partial charge >= 0.3 is 0 Å². The first-order valence-corrected chi connectivity index (χ1v) is 8.69. The first-order chi connectivity index (χ1) is 8.70. The molecule has 1 aromatic carbocycles. The van der Waals surface area contributed by atoms with Crippen LogP contribution in [0.25, 0.3) is 0 Å². The van der Waals surface area contributed by atoms with Gasteiger partial charge in [-0.3, -0.25) is 0 Å². The van der Waals surface area contributed by atoms with Gasteiger partial charge in [-0.05, 0) is 68.8 Å². The Morgan fingerprint density at radius 2 is 1.94 bits per heavy atom. The molecule has 5 heteroatoms. The summed E-state index contributed by atoms with van der Waals surface area (Å²) in [6.07, 6.45) is 3.73. The van der Waals surface area contributed by atoms with E-state index in [1.165, 1.54) is 18.4 Å². The molecule has 1 unspecified atom stereocenters. The summed E-state index contributed by atoms with van der Waals surface area (Å²) in [6.45, 7) is 1.48. The van der Waals surface area contributed by atoms with Crippen LogP contribution in [0.5, 0.6) is 5.75 Å². The van der Waals surface area contributed by atoms with Crippen molar-refractivity contribution in [3.8, 4) is 5.75 Å². The average molecular weight is 443 g/mol. The molecule has 0 spiro atoms. The highest BCUT2D eigenvalue weighted by Gasteiger charge is 2.16. The van der Waals surface area contributed by atoms with Crippen molar-refractivity contribution in [2.24, 2.45) is 0 Å². The van der Waals surface area contributed by atoms with Gasteiger partial charge in [0.25, 0.3) is 0 Å². The SMILES string of the molecule is BrCc1cc(Br)c(OCC2CCCCO2)c(Br)c1. The molecule has 1 heterocycles. The maximum atomic E-state index is 5.87. The van der Waals surface area contributed by atoms with Gasteiger partial charge in [-0.15, -0.1) is 0 Å². The van der Waals surface area contributed by atoms with Gasteiger partial charge in [-0.2, -0.15) is 0 Å². The molecule has 2 rings (SSSR count). The van der Waals surface area contributed by atoms with Gasteiger partial charge < -0.3 is 9.47 Å². The average Bonchev–Trinajstić information content (AvgIpc) is 2.38. The minimum atomic E-state index is 0.230. The second kappa shape index (κ2) is 7.27. The summed E-state index contributed by atoms with van der Waals surface area (Å²) < 4.78 is 13.5. The number of hydrogen-bond acceptors (Lipinski definition) is 2. The molecule has 1 aliphatic rings. The molecule has 0 saturated carbocycles. The minimum absolute atomic E-state index is 0.230.